The maximum Gasteiger partial charge on any atom is 0.221 e. The summed E-state index contributed by atoms with van der Waals surface area (Å²) in [7, 11) is 1.80. The molecule has 6 heteroatoms. The molecule has 2 aliphatic rings. The number of nitrogens with zero attached hydrogens (tertiary/aromatic N) is 2. The summed E-state index contributed by atoms with van der Waals surface area (Å²) < 4.78 is 0. The molecule has 1 aromatic rings. The van der Waals surface area contributed by atoms with Gasteiger partial charge in [0.15, 0.2) is 5.96 Å². The van der Waals surface area contributed by atoms with E-state index < -0.39 is 0 Å². The molecule has 2 fully saturated rings. The van der Waals surface area contributed by atoms with Crippen LogP contribution in [0, 0.1) is 0 Å². The van der Waals surface area contributed by atoms with E-state index in [0.29, 0.717) is 31.1 Å². The summed E-state index contributed by atoms with van der Waals surface area (Å²) in [5, 5.41) is 10.0. The lowest BCUT2D eigenvalue weighted by atomic mass is 9.95. The van der Waals surface area contributed by atoms with E-state index in [2.05, 4.69) is 63.1 Å². The van der Waals surface area contributed by atoms with Crippen LogP contribution < -0.4 is 16.0 Å². The number of carbonyl (C=O) groups excluding carboxylic acids is 1. The van der Waals surface area contributed by atoms with Crippen molar-refractivity contribution in [3.05, 3.63) is 35.9 Å². The second-order valence-corrected chi connectivity index (χ2v) is 8.82. The van der Waals surface area contributed by atoms with Crippen molar-refractivity contribution in [1.82, 2.24) is 20.9 Å². The fraction of sp³-hybridized carbons (Fsp3) is 0.667. The van der Waals surface area contributed by atoms with Gasteiger partial charge in [-0.15, -0.1) is 0 Å². The van der Waals surface area contributed by atoms with Crippen LogP contribution in [0.3, 0.4) is 0 Å². The van der Waals surface area contributed by atoms with E-state index in [1.165, 1.54) is 24.8 Å². The van der Waals surface area contributed by atoms with E-state index in [0.717, 1.165) is 44.7 Å². The average molecular weight is 414 g/mol. The van der Waals surface area contributed by atoms with Crippen LogP contribution >= 0.6 is 0 Å². The molecule has 2 atom stereocenters. The molecule has 166 valence electrons. The van der Waals surface area contributed by atoms with Gasteiger partial charge in [0.1, 0.15) is 0 Å². The number of amides is 1. The van der Waals surface area contributed by atoms with E-state index in [1.807, 2.05) is 0 Å². The van der Waals surface area contributed by atoms with Gasteiger partial charge in [0.2, 0.25) is 5.91 Å². The van der Waals surface area contributed by atoms with Crippen molar-refractivity contribution in [3.63, 3.8) is 0 Å². The summed E-state index contributed by atoms with van der Waals surface area (Å²) in [4.78, 5) is 19.1. The lowest BCUT2D eigenvalue weighted by Crippen LogP contribution is -2.51. The third kappa shape index (κ3) is 7.31. The van der Waals surface area contributed by atoms with Crippen LogP contribution in [-0.2, 0) is 11.3 Å². The second-order valence-electron chi connectivity index (χ2n) is 8.82. The Hall–Kier alpha value is -2.08. The van der Waals surface area contributed by atoms with Crippen LogP contribution in [0.2, 0.25) is 0 Å². The van der Waals surface area contributed by atoms with Gasteiger partial charge in [0.25, 0.3) is 0 Å². The number of rotatable bonds is 7. The zero-order valence-electron chi connectivity index (χ0n) is 18.7. The smallest absolute Gasteiger partial charge is 0.221 e. The number of guanidine groups is 1. The predicted octanol–water partition coefficient (Wildman–Crippen LogP) is 3.04. The molecular weight excluding hydrogens is 374 g/mol. The maximum absolute atomic E-state index is 12.2. The topological polar surface area (TPSA) is 68.8 Å². The first-order valence-corrected chi connectivity index (χ1v) is 11.7. The lowest BCUT2D eigenvalue weighted by Gasteiger charge is -2.38. The Labute approximate surface area is 181 Å². The van der Waals surface area contributed by atoms with Crippen LogP contribution in [0.5, 0.6) is 0 Å². The SMILES string of the molecule is CN=C(NCCC(=O)NC1CCCCC1)NC1CCN(Cc2ccccc2)C(C)C1. The van der Waals surface area contributed by atoms with Crippen LogP contribution in [0.25, 0.3) is 0 Å². The van der Waals surface area contributed by atoms with Crippen molar-refractivity contribution >= 4 is 11.9 Å². The highest BCUT2D eigenvalue weighted by Gasteiger charge is 2.26. The molecule has 0 radical (unpaired) electrons. The second kappa shape index (κ2) is 11.9. The predicted molar refractivity (Wildman–Crippen MR) is 123 cm³/mol. The molecule has 6 nitrogen and oxygen atoms in total. The highest BCUT2D eigenvalue weighted by atomic mass is 16.1. The molecule has 1 amide bonds. The summed E-state index contributed by atoms with van der Waals surface area (Å²) in [6.45, 7) is 5.01. The molecule has 1 aliphatic heterocycles. The van der Waals surface area contributed by atoms with Crippen molar-refractivity contribution < 1.29 is 4.79 Å². The van der Waals surface area contributed by atoms with Crippen LogP contribution in [-0.4, -0.2) is 55.0 Å². The van der Waals surface area contributed by atoms with Crippen LogP contribution in [0.4, 0.5) is 0 Å². The van der Waals surface area contributed by atoms with Gasteiger partial charge < -0.3 is 16.0 Å². The molecule has 0 spiro atoms. The Kier molecular flexibility index (Phi) is 9.00. The lowest BCUT2D eigenvalue weighted by molar-refractivity contribution is -0.121. The van der Waals surface area contributed by atoms with Gasteiger partial charge in [0, 0.05) is 51.2 Å². The first-order valence-electron chi connectivity index (χ1n) is 11.7. The largest absolute Gasteiger partial charge is 0.356 e. The Morgan fingerprint density at radius 1 is 1.07 bits per heavy atom. The highest BCUT2D eigenvalue weighted by Crippen LogP contribution is 2.20. The Morgan fingerprint density at radius 2 is 1.83 bits per heavy atom. The minimum Gasteiger partial charge on any atom is -0.356 e. The van der Waals surface area contributed by atoms with Gasteiger partial charge in [0.05, 0.1) is 0 Å². The van der Waals surface area contributed by atoms with Crippen LogP contribution in [0.15, 0.2) is 35.3 Å². The maximum atomic E-state index is 12.2. The fourth-order valence-electron chi connectivity index (χ4n) is 4.63. The van der Waals surface area contributed by atoms with Gasteiger partial charge in [-0.1, -0.05) is 49.6 Å². The van der Waals surface area contributed by atoms with Crippen molar-refractivity contribution in [2.75, 3.05) is 20.1 Å². The normalized spacial score (nSPS) is 23.7. The van der Waals surface area contributed by atoms with Crippen molar-refractivity contribution in [2.24, 2.45) is 4.99 Å². The molecule has 1 saturated carbocycles. The molecule has 2 unspecified atom stereocenters. The van der Waals surface area contributed by atoms with Gasteiger partial charge >= 0.3 is 0 Å². The number of hydrogen-bond acceptors (Lipinski definition) is 3. The third-order valence-corrected chi connectivity index (χ3v) is 6.42. The van der Waals surface area contributed by atoms with Gasteiger partial charge in [-0.3, -0.25) is 14.7 Å². The number of hydrogen-bond donors (Lipinski definition) is 3. The molecule has 1 aromatic carbocycles. The van der Waals surface area contributed by atoms with Gasteiger partial charge in [-0.05, 0) is 38.2 Å². The van der Waals surface area contributed by atoms with Gasteiger partial charge in [-0.2, -0.15) is 0 Å². The minimum atomic E-state index is 0.146. The zero-order chi connectivity index (χ0) is 21.2. The first-order chi connectivity index (χ1) is 14.6. The van der Waals surface area contributed by atoms with E-state index in [4.69, 9.17) is 0 Å². The monoisotopic (exact) mass is 413 g/mol. The fourth-order valence-corrected chi connectivity index (χ4v) is 4.63. The molecule has 1 aliphatic carbocycles. The number of piperidine rings is 1. The molecule has 0 aromatic heterocycles. The number of likely N-dealkylation sites (tertiary alicyclic amines) is 1. The van der Waals surface area contributed by atoms with Crippen molar-refractivity contribution in [3.8, 4) is 0 Å². The molecular formula is C24H39N5O. The Balaban J connectivity index is 1.35. The molecule has 1 heterocycles. The molecule has 1 saturated heterocycles. The number of aliphatic imine (C=N–C) groups is 1. The average Bonchev–Trinajstić information content (AvgIpc) is 2.76. The highest BCUT2D eigenvalue weighted by molar-refractivity contribution is 5.81. The molecule has 3 rings (SSSR count). The summed E-state index contributed by atoms with van der Waals surface area (Å²) in [6.07, 6.45) is 8.72. The van der Waals surface area contributed by atoms with E-state index in [9.17, 15) is 4.79 Å². The number of nitrogens with one attached hydrogen (secondary N) is 3. The number of carbonyl (C=O) groups is 1. The van der Waals surface area contributed by atoms with Crippen LogP contribution in [0.1, 0.15) is 63.9 Å². The van der Waals surface area contributed by atoms with E-state index >= 15 is 0 Å². The first kappa shape index (κ1) is 22.6. The quantitative estimate of drug-likeness (QED) is 0.475. The molecule has 0 bridgehead atoms. The zero-order valence-corrected chi connectivity index (χ0v) is 18.7. The summed E-state index contributed by atoms with van der Waals surface area (Å²) >= 11 is 0. The Morgan fingerprint density at radius 3 is 2.53 bits per heavy atom. The van der Waals surface area contributed by atoms with Crippen molar-refractivity contribution in [1.29, 1.82) is 0 Å². The summed E-state index contributed by atoms with van der Waals surface area (Å²) in [6, 6.07) is 12.0. The molecule has 30 heavy (non-hydrogen) atoms. The summed E-state index contributed by atoms with van der Waals surface area (Å²) in [5.74, 6) is 0.946. The van der Waals surface area contributed by atoms with E-state index in [1.54, 1.807) is 7.05 Å². The minimum absolute atomic E-state index is 0.146. The Bertz CT molecular complexity index is 671. The van der Waals surface area contributed by atoms with Gasteiger partial charge in [-0.25, -0.2) is 0 Å². The third-order valence-electron chi connectivity index (χ3n) is 6.42. The van der Waals surface area contributed by atoms with Crippen molar-refractivity contribution in [2.45, 2.75) is 83.0 Å². The summed E-state index contributed by atoms with van der Waals surface area (Å²) in [5.41, 5.74) is 1.37. The molecule has 3 N–H and O–H groups in total. The standard InChI is InChI=1S/C24H39N5O/c1-19-17-22(14-16-29(19)18-20-9-5-3-6-10-20)28-24(25-2)26-15-13-23(30)27-21-11-7-4-8-12-21/h3,5-6,9-10,19,21-22H,4,7-8,11-18H2,1-2H3,(H,27,30)(H2,25,26,28). The number of benzene rings is 1. The van der Waals surface area contributed by atoms with E-state index in [-0.39, 0.29) is 5.91 Å².